The highest BCUT2D eigenvalue weighted by Crippen LogP contribution is 2.23. The van der Waals surface area contributed by atoms with Gasteiger partial charge in [0.2, 0.25) is 5.91 Å². The summed E-state index contributed by atoms with van der Waals surface area (Å²) in [5.74, 6) is 0.562. The Hall–Kier alpha value is -1.61. The lowest BCUT2D eigenvalue weighted by molar-refractivity contribution is -0.127. The first-order valence-electron chi connectivity index (χ1n) is 8.10. The van der Waals surface area contributed by atoms with E-state index in [9.17, 15) is 13.2 Å². The Kier molecular flexibility index (Phi) is 6.10. The van der Waals surface area contributed by atoms with Crippen LogP contribution in [0.5, 0.6) is 0 Å². The van der Waals surface area contributed by atoms with Gasteiger partial charge in [-0.25, -0.2) is 13.4 Å². The zero-order valence-electron chi connectivity index (χ0n) is 15.2. The van der Waals surface area contributed by atoms with Gasteiger partial charge in [-0.2, -0.15) is 0 Å². The van der Waals surface area contributed by atoms with Crippen molar-refractivity contribution in [1.29, 1.82) is 0 Å². The second-order valence-corrected chi connectivity index (χ2v) is 10.6. The van der Waals surface area contributed by atoms with E-state index in [1.54, 1.807) is 39.3 Å². The molecule has 7 nitrogen and oxygen atoms in total. The van der Waals surface area contributed by atoms with Gasteiger partial charge in [-0.05, 0) is 25.3 Å². The fourth-order valence-corrected chi connectivity index (χ4v) is 4.47. The maximum Gasteiger partial charge on any atom is 0.243 e. The molecule has 0 radical (unpaired) electrons. The zero-order valence-corrected chi connectivity index (χ0v) is 16.8. The Morgan fingerprint density at radius 2 is 2.16 bits per heavy atom. The fourth-order valence-electron chi connectivity index (χ4n) is 2.46. The van der Waals surface area contributed by atoms with Crippen molar-refractivity contribution in [2.75, 3.05) is 39.5 Å². The Bertz CT molecular complexity index is 725. The summed E-state index contributed by atoms with van der Waals surface area (Å²) in [5, 5.41) is 5.27. The SMILES string of the molecule is CN(C)C(=O)CN=C(NCc1cccs1)N1CCS(=O)(=O)C(C)(C)C1. The van der Waals surface area contributed by atoms with Crippen molar-refractivity contribution in [3.05, 3.63) is 22.4 Å². The predicted molar refractivity (Wildman–Crippen MR) is 102 cm³/mol. The quantitative estimate of drug-likeness (QED) is 0.611. The van der Waals surface area contributed by atoms with Gasteiger partial charge in [-0.1, -0.05) is 6.07 Å². The van der Waals surface area contributed by atoms with E-state index in [-0.39, 0.29) is 18.2 Å². The number of sulfone groups is 1. The molecule has 0 saturated carbocycles. The van der Waals surface area contributed by atoms with Gasteiger partial charge in [-0.3, -0.25) is 4.79 Å². The topological polar surface area (TPSA) is 82.1 Å². The maximum atomic E-state index is 12.2. The van der Waals surface area contributed by atoms with Gasteiger partial charge < -0.3 is 15.1 Å². The van der Waals surface area contributed by atoms with Crippen LogP contribution >= 0.6 is 11.3 Å². The van der Waals surface area contributed by atoms with Crippen LogP contribution in [0.3, 0.4) is 0 Å². The van der Waals surface area contributed by atoms with Crippen LogP contribution < -0.4 is 5.32 Å². The fraction of sp³-hybridized carbons (Fsp3) is 0.625. The molecule has 1 aliphatic rings. The molecule has 1 aromatic heterocycles. The zero-order chi connectivity index (χ0) is 18.7. The molecule has 0 atom stereocenters. The second-order valence-electron chi connectivity index (χ2n) is 6.86. The molecule has 2 heterocycles. The molecule has 140 valence electrons. The van der Waals surface area contributed by atoms with E-state index >= 15 is 0 Å². The molecule has 1 aliphatic heterocycles. The van der Waals surface area contributed by atoms with E-state index < -0.39 is 14.6 Å². The average Bonchev–Trinajstić information content (AvgIpc) is 3.03. The Labute approximate surface area is 153 Å². The van der Waals surface area contributed by atoms with E-state index in [1.807, 2.05) is 22.4 Å². The lowest BCUT2D eigenvalue weighted by Crippen LogP contribution is -2.57. The normalized spacial score (nSPS) is 19.5. The van der Waals surface area contributed by atoms with Gasteiger partial charge in [0.15, 0.2) is 15.8 Å². The summed E-state index contributed by atoms with van der Waals surface area (Å²) in [6, 6.07) is 4.00. The minimum absolute atomic E-state index is 0.0312. The summed E-state index contributed by atoms with van der Waals surface area (Å²) in [5.41, 5.74) is 0. The maximum absolute atomic E-state index is 12.2. The van der Waals surface area contributed by atoms with E-state index in [0.29, 0.717) is 25.6 Å². The number of rotatable bonds is 4. The van der Waals surface area contributed by atoms with Gasteiger partial charge in [-0.15, -0.1) is 11.3 Å². The number of thiophene rings is 1. The molecule has 2 rings (SSSR count). The minimum Gasteiger partial charge on any atom is -0.351 e. The summed E-state index contributed by atoms with van der Waals surface area (Å²) >= 11 is 1.63. The van der Waals surface area contributed by atoms with E-state index in [2.05, 4.69) is 10.3 Å². The second kappa shape index (κ2) is 7.74. The van der Waals surface area contributed by atoms with Crippen molar-refractivity contribution in [3.8, 4) is 0 Å². The summed E-state index contributed by atoms with van der Waals surface area (Å²) in [6.07, 6.45) is 0. The third kappa shape index (κ3) is 4.94. The van der Waals surface area contributed by atoms with Crippen molar-refractivity contribution in [2.24, 2.45) is 4.99 Å². The third-order valence-corrected chi connectivity index (χ3v) is 7.62. The van der Waals surface area contributed by atoms with Gasteiger partial charge in [0.25, 0.3) is 0 Å². The number of carbonyl (C=O) groups excluding carboxylic acids is 1. The van der Waals surface area contributed by atoms with Gasteiger partial charge in [0.05, 0.1) is 17.0 Å². The number of nitrogens with one attached hydrogen (secondary N) is 1. The smallest absolute Gasteiger partial charge is 0.243 e. The molecule has 25 heavy (non-hydrogen) atoms. The average molecular weight is 387 g/mol. The van der Waals surface area contributed by atoms with Gasteiger partial charge >= 0.3 is 0 Å². The number of hydrogen-bond donors (Lipinski definition) is 1. The summed E-state index contributed by atoms with van der Waals surface area (Å²) in [6.45, 7) is 4.81. The Morgan fingerprint density at radius 3 is 2.72 bits per heavy atom. The van der Waals surface area contributed by atoms with Gasteiger partial charge in [0, 0.05) is 32.1 Å². The van der Waals surface area contributed by atoms with E-state index in [0.717, 1.165) is 4.88 Å². The van der Waals surface area contributed by atoms with Gasteiger partial charge in [0.1, 0.15) is 6.54 Å². The molecule has 0 spiro atoms. The van der Waals surface area contributed by atoms with Crippen molar-refractivity contribution < 1.29 is 13.2 Å². The van der Waals surface area contributed by atoms with Crippen molar-refractivity contribution >= 4 is 33.0 Å². The number of carbonyl (C=O) groups is 1. The molecule has 0 unspecified atom stereocenters. The van der Waals surface area contributed by atoms with E-state index in [4.69, 9.17) is 0 Å². The van der Waals surface area contributed by atoms with Crippen LogP contribution in [0, 0.1) is 0 Å². The number of likely N-dealkylation sites (N-methyl/N-ethyl adjacent to an activating group) is 1. The molecule has 0 aromatic carbocycles. The third-order valence-electron chi connectivity index (χ3n) is 4.21. The standard InChI is InChI=1S/C16H26N4O3S2/c1-16(2)12-20(7-9-25(16,22)23)15(18-11-14(21)19(3)4)17-10-13-6-5-8-24-13/h5-6,8H,7,9-12H2,1-4H3,(H,17,18). The number of hydrogen-bond acceptors (Lipinski definition) is 5. The highest BCUT2D eigenvalue weighted by molar-refractivity contribution is 7.92. The van der Waals surface area contributed by atoms with Crippen LogP contribution in [0.25, 0.3) is 0 Å². The molecule has 0 bridgehead atoms. The summed E-state index contributed by atoms with van der Waals surface area (Å²) in [4.78, 5) is 20.9. The van der Waals surface area contributed by atoms with Crippen molar-refractivity contribution in [3.63, 3.8) is 0 Å². The number of amides is 1. The molecular formula is C16H26N4O3S2. The molecule has 1 aromatic rings. The lowest BCUT2D eigenvalue weighted by Gasteiger charge is -2.39. The van der Waals surface area contributed by atoms with Crippen LogP contribution in [-0.4, -0.2) is 74.3 Å². The minimum atomic E-state index is -3.13. The largest absolute Gasteiger partial charge is 0.351 e. The van der Waals surface area contributed by atoms with E-state index in [1.165, 1.54) is 4.90 Å². The van der Waals surface area contributed by atoms with Crippen LogP contribution in [0.1, 0.15) is 18.7 Å². The van der Waals surface area contributed by atoms with Crippen LogP contribution in [0.4, 0.5) is 0 Å². The predicted octanol–water partition coefficient (Wildman–Crippen LogP) is 0.791. The monoisotopic (exact) mass is 386 g/mol. The Balaban J connectivity index is 2.15. The summed E-state index contributed by atoms with van der Waals surface area (Å²) in [7, 11) is 0.248. The first kappa shape index (κ1) is 19.7. The molecular weight excluding hydrogens is 360 g/mol. The van der Waals surface area contributed by atoms with Crippen molar-refractivity contribution in [1.82, 2.24) is 15.1 Å². The van der Waals surface area contributed by atoms with Crippen molar-refractivity contribution in [2.45, 2.75) is 25.1 Å². The van der Waals surface area contributed by atoms with Crippen LogP contribution in [-0.2, 0) is 21.2 Å². The van der Waals surface area contributed by atoms with Crippen LogP contribution in [0.2, 0.25) is 0 Å². The molecule has 0 aliphatic carbocycles. The summed E-state index contributed by atoms with van der Waals surface area (Å²) < 4.78 is 23.6. The highest BCUT2D eigenvalue weighted by Gasteiger charge is 2.41. The molecule has 1 saturated heterocycles. The molecule has 1 amide bonds. The highest BCUT2D eigenvalue weighted by atomic mass is 32.2. The molecule has 1 N–H and O–H groups in total. The number of aliphatic imine (C=N–C) groups is 1. The van der Waals surface area contributed by atoms with Crippen LogP contribution in [0.15, 0.2) is 22.5 Å². The lowest BCUT2D eigenvalue weighted by atomic mass is 10.2. The molecule has 9 heteroatoms. The first-order valence-corrected chi connectivity index (χ1v) is 10.6. The Morgan fingerprint density at radius 1 is 1.44 bits per heavy atom. The number of guanidine groups is 1. The first-order chi connectivity index (χ1) is 11.6. The number of nitrogens with zero attached hydrogens (tertiary/aromatic N) is 3. The molecule has 1 fully saturated rings.